The van der Waals surface area contributed by atoms with Crippen molar-refractivity contribution in [3.8, 4) is 0 Å². The van der Waals surface area contributed by atoms with Gasteiger partial charge in [-0.05, 0) is 41.6 Å². The maximum absolute atomic E-state index is 4.28. The van der Waals surface area contributed by atoms with E-state index in [0.29, 0.717) is 0 Å². The van der Waals surface area contributed by atoms with E-state index in [4.69, 9.17) is 0 Å². The second kappa shape index (κ2) is 4.80. The summed E-state index contributed by atoms with van der Waals surface area (Å²) in [4.78, 5) is 0. The second-order valence-electron chi connectivity index (χ2n) is 3.84. The Morgan fingerprint density at radius 1 is 1.54 bits per heavy atom. The van der Waals surface area contributed by atoms with Gasteiger partial charge >= 0.3 is 0 Å². The van der Waals surface area contributed by atoms with Crippen molar-refractivity contribution in [2.45, 2.75) is 40.2 Å². The van der Waals surface area contributed by atoms with Crippen LogP contribution in [0.2, 0.25) is 0 Å². The van der Waals surface area contributed by atoms with Crippen LogP contribution in [-0.4, -0.2) is 9.78 Å². The molecule has 0 unspecified atom stereocenters. The van der Waals surface area contributed by atoms with E-state index in [-0.39, 0.29) is 0 Å². The molecule has 3 heteroatoms. The first kappa shape index (κ1) is 10.8. The lowest BCUT2D eigenvalue weighted by Gasteiger charge is -2.06. The maximum Gasteiger partial charge on any atom is 0.0635 e. The molecule has 0 radical (unpaired) electrons. The van der Waals surface area contributed by atoms with E-state index < -0.39 is 0 Å². The van der Waals surface area contributed by atoms with Crippen LogP contribution < -0.4 is 0 Å². The molecule has 0 N–H and O–H groups in total. The average Bonchev–Trinajstić information content (AvgIpc) is 2.35. The molecule has 0 spiro atoms. The Hall–Kier alpha value is -0.310. The van der Waals surface area contributed by atoms with Crippen molar-refractivity contribution in [2.75, 3.05) is 0 Å². The van der Waals surface area contributed by atoms with Crippen LogP contribution >= 0.6 is 15.9 Å². The second-order valence-corrected chi connectivity index (χ2v) is 4.69. The minimum atomic E-state index is 0.791. The van der Waals surface area contributed by atoms with Crippen molar-refractivity contribution >= 4 is 15.9 Å². The molecule has 1 heterocycles. The summed E-state index contributed by atoms with van der Waals surface area (Å²) in [5.74, 6) is 0.791. The van der Waals surface area contributed by atoms with Crippen LogP contribution in [0.4, 0.5) is 0 Å². The van der Waals surface area contributed by atoms with Gasteiger partial charge in [-0.2, -0.15) is 5.10 Å². The third-order valence-electron chi connectivity index (χ3n) is 2.19. The van der Waals surface area contributed by atoms with Gasteiger partial charge in [0.2, 0.25) is 0 Å². The number of aryl methyl sites for hydroxylation is 1. The first-order valence-corrected chi connectivity index (χ1v) is 5.58. The molecule has 74 valence electrons. The maximum atomic E-state index is 4.28. The highest BCUT2D eigenvalue weighted by atomic mass is 79.9. The number of halogens is 1. The number of hydrogen-bond donors (Lipinski definition) is 0. The first-order chi connectivity index (χ1) is 6.11. The van der Waals surface area contributed by atoms with Gasteiger partial charge in [0.25, 0.3) is 0 Å². The van der Waals surface area contributed by atoms with Crippen molar-refractivity contribution in [2.24, 2.45) is 5.92 Å². The number of nitrogens with zero attached hydrogens (tertiary/aromatic N) is 2. The lowest BCUT2D eigenvalue weighted by Crippen LogP contribution is -2.03. The average molecular weight is 245 g/mol. The predicted octanol–water partition coefficient (Wildman–Crippen LogP) is 3.39. The Labute approximate surface area is 88.5 Å². The van der Waals surface area contributed by atoms with E-state index in [2.05, 4.69) is 46.5 Å². The van der Waals surface area contributed by atoms with E-state index in [9.17, 15) is 0 Å². The molecule has 1 aromatic heterocycles. The molecular formula is C10H17BrN2. The van der Waals surface area contributed by atoms with Crippen LogP contribution in [0.25, 0.3) is 0 Å². The highest BCUT2D eigenvalue weighted by molar-refractivity contribution is 9.10. The first-order valence-electron chi connectivity index (χ1n) is 4.79. The standard InChI is InChI=1S/C10H17BrN2/c1-8(2)5-4-6-13-9(3)10(11)7-12-13/h7-8H,4-6H2,1-3H3. The van der Waals surface area contributed by atoms with Crippen LogP contribution in [0.3, 0.4) is 0 Å². The summed E-state index contributed by atoms with van der Waals surface area (Å²) in [7, 11) is 0. The minimum absolute atomic E-state index is 0.791. The Morgan fingerprint density at radius 2 is 2.23 bits per heavy atom. The molecule has 1 rings (SSSR count). The van der Waals surface area contributed by atoms with Crippen molar-refractivity contribution < 1.29 is 0 Å². The Kier molecular flexibility index (Phi) is 3.97. The summed E-state index contributed by atoms with van der Waals surface area (Å²) in [6, 6.07) is 0. The minimum Gasteiger partial charge on any atom is -0.269 e. The predicted molar refractivity (Wildman–Crippen MR) is 58.7 cm³/mol. The number of aromatic nitrogens is 2. The summed E-state index contributed by atoms with van der Waals surface area (Å²) in [5.41, 5.74) is 1.23. The summed E-state index contributed by atoms with van der Waals surface area (Å²) in [5, 5.41) is 4.28. The molecule has 0 aliphatic heterocycles. The van der Waals surface area contributed by atoms with Gasteiger partial charge in [-0.25, -0.2) is 0 Å². The lowest BCUT2D eigenvalue weighted by atomic mass is 10.1. The van der Waals surface area contributed by atoms with Crippen LogP contribution in [0.15, 0.2) is 10.7 Å². The zero-order valence-electron chi connectivity index (χ0n) is 8.55. The van der Waals surface area contributed by atoms with Crippen molar-refractivity contribution in [1.82, 2.24) is 9.78 Å². The van der Waals surface area contributed by atoms with Gasteiger partial charge in [-0.3, -0.25) is 4.68 Å². The summed E-state index contributed by atoms with van der Waals surface area (Å²) in [6.07, 6.45) is 4.36. The van der Waals surface area contributed by atoms with Crippen LogP contribution in [0.1, 0.15) is 32.4 Å². The molecule has 1 aromatic rings. The van der Waals surface area contributed by atoms with E-state index in [1.165, 1.54) is 18.5 Å². The Bertz CT molecular complexity index is 266. The lowest BCUT2D eigenvalue weighted by molar-refractivity contribution is 0.484. The van der Waals surface area contributed by atoms with E-state index in [0.717, 1.165) is 16.9 Å². The van der Waals surface area contributed by atoms with Gasteiger partial charge < -0.3 is 0 Å². The number of rotatable bonds is 4. The van der Waals surface area contributed by atoms with Crippen LogP contribution in [0, 0.1) is 12.8 Å². The fourth-order valence-corrected chi connectivity index (χ4v) is 1.59. The van der Waals surface area contributed by atoms with E-state index >= 15 is 0 Å². The molecule has 13 heavy (non-hydrogen) atoms. The normalized spacial score (nSPS) is 11.2. The van der Waals surface area contributed by atoms with E-state index in [1.807, 2.05) is 6.20 Å². The molecule has 0 aliphatic carbocycles. The molecule has 0 atom stereocenters. The molecule has 0 fully saturated rings. The zero-order valence-corrected chi connectivity index (χ0v) is 10.1. The third kappa shape index (κ3) is 3.14. The highest BCUT2D eigenvalue weighted by Gasteiger charge is 2.02. The SMILES string of the molecule is Cc1c(Br)cnn1CCCC(C)C. The van der Waals surface area contributed by atoms with Gasteiger partial charge in [0, 0.05) is 12.2 Å². The van der Waals surface area contributed by atoms with Crippen molar-refractivity contribution in [1.29, 1.82) is 0 Å². The quantitative estimate of drug-likeness (QED) is 0.795. The molecule has 0 aromatic carbocycles. The molecule has 0 amide bonds. The van der Waals surface area contributed by atoms with E-state index in [1.54, 1.807) is 0 Å². The molecule has 0 saturated carbocycles. The summed E-state index contributed by atoms with van der Waals surface area (Å²) < 4.78 is 3.17. The largest absolute Gasteiger partial charge is 0.269 e. The Balaban J connectivity index is 2.41. The van der Waals surface area contributed by atoms with Crippen molar-refractivity contribution in [3.05, 3.63) is 16.4 Å². The Morgan fingerprint density at radius 3 is 2.69 bits per heavy atom. The third-order valence-corrected chi connectivity index (χ3v) is 2.97. The fraction of sp³-hybridized carbons (Fsp3) is 0.700. The molecule has 2 nitrogen and oxygen atoms in total. The van der Waals surface area contributed by atoms with Crippen LogP contribution in [-0.2, 0) is 6.54 Å². The van der Waals surface area contributed by atoms with Crippen LogP contribution in [0.5, 0.6) is 0 Å². The fourth-order valence-electron chi connectivity index (χ4n) is 1.30. The highest BCUT2D eigenvalue weighted by Crippen LogP contribution is 2.15. The smallest absolute Gasteiger partial charge is 0.0635 e. The van der Waals surface area contributed by atoms with Gasteiger partial charge in [-0.15, -0.1) is 0 Å². The summed E-state index contributed by atoms with van der Waals surface area (Å²) in [6.45, 7) is 7.64. The monoisotopic (exact) mass is 244 g/mol. The molecular weight excluding hydrogens is 228 g/mol. The van der Waals surface area contributed by atoms with Gasteiger partial charge in [0.15, 0.2) is 0 Å². The van der Waals surface area contributed by atoms with Crippen molar-refractivity contribution in [3.63, 3.8) is 0 Å². The molecule has 0 bridgehead atoms. The number of hydrogen-bond acceptors (Lipinski definition) is 1. The van der Waals surface area contributed by atoms with Gasteiger partial charge in [0.1, 0.15) is 0 Å². The van der Waals surface area contributed by atoms with Gasteiger partial charge in [-0.1, -0.05) is 13.8 Å². The van der Waals surface area contributed by atoms with Gasteiger partial charge in [0.05, 0.1) is 10.7 Å². The molecule has 0 aliphatic rings. The summed E-state index contributed by atoms with van der Waals surface area (Å²) >= 11 is 3.45. The topological polar surface area (TPSA) is 17.8 Å². The zero-order chi connectivity index (χ0) is 9.84. The molecule has 0 saturated heterocycles.